The van der Waals surface area contributed by atoms with Crippen molar-refractivity contribution in [3.63, 3.8) is 0 Å². The second-order valence-electron chi connectivity index (χ2n) is 5.81. The molecule has 2 rings (SSSR count). The van der Waals surface area contributed by atoms with Crippen LogP contribution in [0.4, 0.5) is 10.8 Å². The number of rotatable bonds is 6. The molecule has 0 saturated heterocycles. The molecule has 0 amide bonds. The molecule has 1 aliphatic rings. The number of anilines is 2. The SMILES string of the molecule is CCS(=O)(=O)c1c(N)nsc1NCC1(N(C)C)CCCC1. The molecule has 1 aromatic rings. The summed E-state index contributed by atoms with van der Waals surface area (Å²) in [6, 6.07) is 0. The fraction of sp³-hybridized carbons (Fsp3) is 0.769. The zero-order chi connectivity index (χ0) is 15.7. The Labute approximate surface area is 130 Å². The number of likely N-dealkylation sites (N-methyl/N-ethyl adjacent to an activating group) is 1. The highest BCUT2D eigenvalue weighted by molar-refractivity contribution is 7.91. The van der Waals surface area contributed by atoms with Gasteiger partial charge in [0.2, 0.25) is 0 Å². The van der Waals surface area contributed by atoms with Gasteiger partial charge >= 0.3 is 0 Å². The lowest BCUT2D eigenvalue weighted by Crippen LogP contribution is -2.47. The van der Waals surface area contributed by atoms with E-state index in [0.29, 0.717) is 11.5 Å². The van der Waals surface area contributed by atoms with E-state index < -0.39 is 9.84 Å². The molecule has 0 aromatic carbocycles. The summed E-state index contributed by atoms with van der Waals surface area (Å²) in [6.45, 7) is 2.34. The molecular weight excluding hydrogens is 308 g/mol. The van der Waals surface area contributed by atoms with E-state index in [2.05, 4.69) is 28.7 Å². The van der Waals surface area contributed by atoms with E-state index in [1.54, 1.807) is 6.92 Å². The summed E-state index contributed by atoms with van der Waals surface area (Å²) in [4.78, 5) is 2.41. The van der Waals surface area contributed by atoms with Crippen molar-refractivity contribution in [2.24, 2.45) is 0 Å². The first-order valence-corrected chi connectivity index (χ1v) is 9.64. The standard InChI is InChI=1S/C13H24N4O2S2/c1-4-21(18,19)10-11(14)16-20-12(10)15-9-13(17(2)3)7-5-6-8-13/h15H,4-9H2,1-3H3,(H2,14,16). The van der Waals surface area contributed by atoms with Crippen molar-refractivity contribution in [3.05, 3.63) is 0 Å². The molecule has 1 fully saturated rings. The quantitative estimate of drug-likeness (QED) is 0.826. The second kappa shape index (κ2) is 6.10. The molecule has 1 saturated carbocycles. The normalized spacial score (nSPS) is 18.3. The smallest absolute Gasteiger partial charge is 0.184 e. The summed E-state index contributed by atoms with van der Waals surface area (Å²) in [7, 11) is 0.807. The molecule has 0 spiro atoms. The topological polar surface area (TPSA) is 88.3 Å². The number of hydrogen-bond acceptors (Lipinski definition) is 7. The van der Waals surface area contributed by atoms with Gasteiger partial charge in [-0.1, -0.05) is 19.8 Å². The van der Waals surface area contributed by atoms with Gasteiger partial charge in [0.25, 0.3) is 0 Å². The summed E-state index contributed by atoms with van der Waals surface area (Å²) in [5.74, 6) is 0.137. The Morgan fingerprint density at radius 3 is 2.52 bits per heavy atom. The van der Waals surface area contributed by atoms with E-state index in [1.165, 1.54) is 12.8 Å². The highest BCUT2D eigenvalue weighted by atomic mass is 32.2. The third-order valence-corrected chi connectivity index (χ3v) is 7.17. The van der Waals surface area contributed by atoms with E-state index in [4.69, 9.17) is 5.73 Å². The number of sulfone groups is 1. The molecule has 0 unspecified atom stereocenters. The zero-order valence-electron chi connectivity index (χ0n) is 12.8. The van der Waals surface area contributed by atoms with Gasteiger partial charge in [-0.2, -0.15) is 4.37 Å². The van der Waals surface area contributed by atoms with E-state index in [0.717, 1.165) is 24.4 Å². The number of nitrogens with one attached hydrogen (secondary N) is 1. The number of hydrogen-bond donors (Lipinski definition) is 2. The number of nitrogens with two attached hydrogens (primary N) is 1. The maximum Gasteiger partial charge on any atom is 0.184 e. The lowest BCUT2D eigenvalue weighted by atomic mass is 9.96. The molecule has 8 heteroatoms. The van der Waals surface area contributed by atoms with Crippen molar-refractivity contribution in [3.8, 4) is 0 Å². The molecule has 1 aromatic heterocycles. The molecule has 6 nitrogen and oxygen atoms in total. The Bertz CT molecular complexity index is 589. The molecule has 1 heterocycles. The Kier molecular flexibility index (Phi) is 4.79. The van der Waals surface area contributed by atoms with Crippen LogP contribution in [0.1, 0.15) is 32.6 Å². The molecule has 0 bridgehead atoms. The predicted molar refractivity (Wildman–Crippen MR) is 87.6 cm³/mol. The van der Waals surface area contributed by atoms with E-state index in [-0.39, 0.29) is 22.0 Å². The first-order valence-electron chi connectivity index (χ1n) is 7.21. The minimum atomic E-state index is -3.36. The summed E-state index contributed by atoms with van der Waals surface area (Å²) >= 11 is 1.13. The van der Waals surface area contributed by atoms with Crippen LogP contribution in [0.3, 0.4) is 0 Å². The lowest BCUT2D eigenvalue weighted by Gasteiger charge is -2.36. The van der Waals surface area contributed by atoms with Crippen molar-refractivity contribution >= 4 is 32.2 Å². The average Bonchev–Trinajstić information content (AvgIpc) is 3.04. The maximum atomic E-state index is 12.1. The summed E-state index contributed by atoms with van der Waals surface area (Å²) in [5, 5.41) is 3.87. The van der Waals surface area contributed by atoms with Crippen LogP contribution in [0.2, 0.25) is 0 Å². The first kappa shape index (κ1) is 16.5. The molecule has 3 N–H and O–H groups in total. The van der Waals surface area contributed by atoms with Gasteiger partial charge in [-0.25, -0.2) is 8.42 Å². The van der Waals surface area contributed by atoms with Crippen molar-refractivity contribution in [1.82, 2.24) is 9.27 Å². The van der Waals surface area contributed by atoms with Crippen LogP contribution in [0.15, 0.2) is 4.90 Å². The van der Waals surface area contributed by atoms with Crippen LogP contribution in [-0.2, 0) is 9.84 Å². The number of nitrogens with zero attached hydrogens (tertiary/aromatic N) is 2. The Morgan fingerprint density at radius 1 is 1.38 bits per heavy atom. The van der Waals surface area contributed by atoms with Crippen LogP contribution >= 0.6 is 11.5 Å². The first-order chi connectivity index (χ1) is 9.82. The maximum absolute atomic E-state index is 12.1. The number of nitrogen functional groups attached to an aromatic ring is 1. The second-order valence-corrected chi connectivity index (χ2v) is 8.80. The highest BCUT2D eigenvalue weighted by Gasteiger charge is 2.36. The Hall–Kier alpha value is -0.860. The summed E-state index contributed by atoms with van der Waals surface area (Å²) in [6.07, 6.45) is 4.67. The van der Waals surface area contributed by atoms with Crippen LogP contribution < -0.4 is 11.1 Å². The summed E-state index contributed by atoms with van der Waals surface area (Å²) in [5.41, 5.74) is 5.84. The van der Waals surface area contributed by atoms with Gasteiger partial charge in [-0.3, -0.25) is 0 Å². The Balaban J connectivity index is 2.22. The predicted octanol–water partition coefficient (Wildman–Crippen LogP) is 1.81. The fourth-order valence-electron chi connectivity index (χ4n) is 2.91. The van der Waals surface area contributed by atoms with Gasteiger partial charge in [-0.15, -0.1) is 0 Å². The van der Waals surface area contributed by atoms with Gasteiger partial charge in [0.1, 0.15) is 9.90 Å². The highest BCUT2D eigenvalue weighted by Crippen LogP contribution is 2.37. The number of aromatic nitrogens is 1. The van der Waals surface area contributed by atoms with Crippen molar-refractivity contribution in [2.45, 2.75) is 43.0 Å². The van der Waals surface area contributed by atoms with Gasteiger partial charge in [-0.05, 0) is 38.5 Å². The van der Waals surface area contributed by atoms with Crippen LogP contribution in [0.5, 0.6) is 0 Å². The minimum absolute atomic E-state index is 0.0309. The minimum Gasteiger partial charge on any atom is -0.382 e. The zero-order valence-corrected chi connectivity index (χ0v) is 14.5. The van der Waals surface area contributed by atoms with Crippen LogP contribution in [0, 0.1) is 0 Å². The van der Waals surface area contributed by atoms with Gasteiger partial charge in [0, 0.05) is 12.1 Å². The average molecular weight is 332 g/mol. The van der Waals surface area contributed by atoms with Crippen molar-refractivity contribution in [1.29, 1.82) is 0 Å². The van der Waals surface area contributed by atoms with Gasteiger partial charge in [0.15, 0.2) is 15.7 Å². The monoisotopic (exact) mass is 332 g/mol. The van der Waals surface area contributed by atoms with E-state index >= 15 is 0 Å². The fourth-order valence-corrected chi connectivity index (χ4v) is 5.07. The van der Waals surface area contributed by atoms with Crippen molar-refractivity contribution < 1.29 is 8.42 Å². The molecule has 0 atom stereocenters. The third-order valence-electron chi connectivity index (χ3n) is 4.43. The molecular formula is C13H24N4O2S2. The largest absolute Gasteiger partial charge is 0.382 e. The molecule has 21 heavy (non-hydrogen) atoms. The van der Waals surface area contributed by atoms with Crippen molar-refractivity contribution in [2.75, 3.05) is 37.4 Å². The van der Waals surface area contributed by atoms with Crippen LogP contribution in [-0.4, -0.2) is 49.6 Å². The molecule has 0 radical (unpaired) electrons. The molecule has 1 aliphatic carbocycles. The van der Waals surface area contributed by atoms with Crippen LogP contribution in [0.25, 0.3) is 0 Å². The molecule has 120 valence electrons. The van der Waals surface area contributed by atoms with E-state index in [9.17, 15) is 8.42 Å². The molecule has 0 aliphatic heterocycles. The van der Waals surface area contributed by atoms with Gasteiger partial charge in [0.05, 0.1) is 5.75 Å². The Morgan fingerprint density at radius 2 is 2.00 bits per heavy atom. The van der Waals surface area contributed by atoms with Gasteiger partial charge < -0.3 is 16.0 Å². The summed E-state index contributed by atoms with van der Waals surface area (Å²) < 4.78 is 28.3. The third kappa shape index (κ3) is 3.17. The van der Waals surface area contributed by atoms with E-state index in [1.807, 2.05) is 0 Å². The lowest BCUT2D eigenvalue weighted by molar-refractivity contribution is 0.172.